The second kappa shape index (κ2) is 9.04. The van der Waals surface area contributed by atoms with E-state index < -0.39 is 0 Å². The second-order valence-corrected chi connectivity index (χ2v) is 7.53. The van der Waals surface area contributed by atoms with E-state index in [-0.39, 0.29) is 18.1 Å². The van der Waals surface area contributed by atoms with E-state index in [1.54, 1.807) is 4.68 Å². The van der Waals surface area contributed by atoms with Crippen molar-refractivity contribution in [2.45, 2.75) is 45.2 Å². The SMILES string of the molecule is Cc1nn(C)cc1C(C)NC(=O)NC1CCN(CCc2ccccc2)CC1. The highest BCUT2D eigenvalue weighted by Crippen LogP contribution is 2.16. The average molecular weight is 370 g/mol. The lowest BCUT2D eigenvalue weighted by molar-refractivity contribution is 0.193. The number of carbonyl (C=O) groups excluding carboxylic acids is 1. The third-order valence-corrected chi connectivity index (χ3v) is 5.35. The predicted molar refractivity (Wildman–Crippen MR) is 108 cm³/mol. The van der Waals surface area contributed by atoms with Crippen LogP contribution in [0.3, 0.4) is 0 Å². The van der Waals surface area contributed by atoms with Gasteiger partial charge in [-0.2, -0.15) is 5.10 Å². The first-order valence-electron chi connectivity index (χ1n) is 9.84. The van der Waals surface area contributed by atoms with Crippen LogP contribution in [0.5, 0.6) is 0 Å². The molecule has 0 saturated carbocycles. The van der Waals surface area contributed by atoms with Crippen LogP contribution in [0.4, 0.5) is 4.79 Å². The monoisotopic (exact) mass is 369 g/mol. The summed E-state index contributed by atoms with van der Waals surface area (Å²) in [6.45, 7) is 7.12. The maximum atomic E-state index is 12.3. The summed E-state index contributed by atoms with van der Waals surface area (Å²) in [5, 5.41) is 10.5. The number of aromatic nitrogens is 2. The van der Waals surface area contributed by atoms with E-state index >= 15 is 0 Å². The summed E-state index contributed by atoms with van der Waals surface area (Å²) >= 11 is 0. The summed E-state index contributed by atoms with van der Waals surface area (Å²) in [6.07, 6.45) is 5.05. The van der Waals surface area contributed by atoms with Crippen LogP contribution in [0.15, 0.2) is 36.5 Å². The van der Waals surface area contributed by atoms with Crippen molar-refractivity contribution in [2.75, 3.05) is 19.6 Å². The Labute approximate surface area is 161 Å². The maximum Gasteiger partial charge on any atom is 0.315 e. The Morgan fingerprint density at radius 2 is 1.96 bits per heavy atom. The minimum atomic E-state index is -0.0894. The summed E-state index contributed by atoms with van der Waals surface area (Å²) in [4.78, 5) is 14.8. The number of nitrogens with zero attached hydrogens (tertiary/aromatic N) is 3. The number of likely N-dealkylation sites (tertiary alicyclic amines) is 1. The van der Waals surface area contributed by atoms with Gasteiger partial charge < -0.3 is 15.5 Å². The Bertz CT molecular complexity index is 734. The third kappa shape index (κ3) is 5.57. The van der Waals surface area contributed by atoms with Gasteiger partial charge in [0.2, 0.25) is 0 Å². The highest BCUT2D eigenvalue weighted by atomic mass is 16.2. The second-order valence-electron chi connectivity index (χ2n) is 7.53. The van der Waals surface area contributed by atoms with Crippen LogP contribution in [0.2, 0.25) is 0 Å². The quantitative estimate of drug-likeness (QED) is 0.823. The zero-order chi connectivity index (χ0) is 19.2. The molecule has 27 heavy (non-hydrogen) atoms. The van der Waals surface area contributed by atoms with Crippen molar-refractivity contribution in [1.29, 1.82) is 0 Å². The molecule has 0 aliphatic carbocycles. The fraction of sp³-hybridized carbons (Fsp3) is 0.524. The summed E-state index contributed by atoms with van der Waals surface area (Å²) in [5.41, 5.74) is 3.40. The van der Waals surface area contributed by atoms with E-state index in [4.69, 9.17) is 0 Å². The van der Waals surface area contributed by atoms with Crippen molar-refractivity contribution >= 4 is 6.03 Å². The number of nitrogens with one attached hydrogen (secondary N) is 2. The zero-order valence-corrected chi connectivity index (χ0v) is 16.6. The van der Waals surface area contributed by atoms with Crippen molar-refractivity contribution < 1.29 is 4.79 Å². The number of benzene rings is 1. The maximum absolute atomic E-state index is 12.3. The molecule has 1 aliphatic heterocycles. The summed E-state index contributed by atoms with van der Waals surface area (Å²) in [7, 11) is 1.90. The zero-order valence-electron chi connectivity index (χ0n) is 16.6. The van der Waals surface area contributed by atoms with E-state index in [9.17, 15) is 4.79 Å². The van der Waals surface area contributed by atoms with Crippen molar-refractivity contribution in [1.82, 2.24) is 25.3 Å². The van der Waals surface area contributed by atoms with Gasteiger partial charge in [0.1, 0.15) is 0 Å². The fourth-order valence-electron chi connectivity index (χ4n) is 3.78. The van der Waals surface area contributed by atoms with Gasteiger partial charge in [-0.3, -0.25) is 4.68 Å². The van der Waals surface area contributed by atoms with Crippen molar-refractivity contribution in [2.24, 2.45) is 7.05 Å². The Morgan fingerprint density at radius 1 is 1.26 bits per heavy atom. The van der Waals surface area contributed by atoms with E-state index in [1.807, 2.05) is 27.1 Å². The smallest absolute Gasteiger partial charge is 0.315 e. The molecule has 1 aromatic heterocycles. The van der Waals surface area contributed by atoms with Crippen molar-refractivity contribution in [3.05, 3.63) is 53.3 Å². The van der Waals surface area contributed by atoms with Gasteiger partial charge in [0.15, 0.2) is 0 Å². The molecule has 2 amide bonds. The third-order valence-electron chi connectivity index (χ3n) is 5.35. The largest absolute Gasteiger partial charge is 0.335 e. The molecular weight excluding hydrogens is 338 g/mol. The molecule has 1 unspecified atom stereocenters. The Morgan fingerprint density at radius 3 is 2.59 bits per heavy atom. The minimum absolute atomic E-state index is 0.0512. The van der Waals surface area contributed by atoms with Crippen molar-refractivity contribution in [3.63, 3.8) is 0 Å². The number of hydrogen-bond acceptors (Lipinski definition) is 3. The molecule has 146 valence electrons. The topological polar surface area (TPSA) is 62.2 Å². The average Bonchev–Trinajstić information content (AvgIpc) is 3.00. The number of hydrogen-bond donors (Lipinski definition) is 2. The normalized spacial score (nSPS) is 16.9. The molecule has 1 aromatic carbocycles. The highest BCUT2D eigenvalue weighted by molar-refractivity contribution is 5.74. The number of rotatable bonds is 6. The molecule has 6 nitrogen and oxygen atoms in total. The molecule has 2 heterocycles. The first-order chi connectivity index (χ1) is 13.0. The van der Waals surface area contributed by atoms with Gasteiger partial charge in [-0.05, 0) is 38.7 Å². The molecule has 2 N–H and O–H groups in total. The molecule has 1 atom stereocenters. The van der Waals surface area contributed by atoms with Crippen molar-refractivity contribution in [3.8, 4) is 0 Å². The number of aryl methyl sites for hydroxylation is 2. The molecule has 2 aromatic rings. The van der Waals surface area contributed by atoms with Crippen LogP contribution < -0.4 is 10.6 Å². The van der Waals surface area contributed by atoms with E-state index in [1.165, 1.54) is 5.56 Å². The molecule has 0 radical (unpaired) electrons. The van der Waals surface area contributed by atoms with Crippen LogP contribution in [-0.4, -0.2) is 46.4 Å². The highest BCUT2D eigenvalue weighted by Gasteiger charge is 2.21. The van der Waals surface area contributed by atoms with Gasteiger partial charge in [-0.15, -0.1) is 0 Å². The first-order valence-corrected chi connectivity index (χ1v) is 9.84. The van der Waals surface area contributed by atoms with Gasteiger partial charge in [0.25, 0.3) is 0 Å². The standard InChI is InChI=1S/C21H31N5O/c1-16(20-15-25(3)24-17(20)2)22-21(27)23-19-10-13-26(14-11-19)12-9-18-7-5-4-6-8-18/h4-8,15-16,19H,9-14H2,1-3H3,(H2,22,23,27). The number of urea groups is 1. The van der Waals surface area contributed by atoms with Crippen LogP contribution in [-0.2, 0) is 13.5 Å². The lowest BCUT2D eigenvalue weighted by Gasteiger charge is -2.32. The van der Waals surface area contributed by atoms with Gasteiger partial charge in [-0.25, -0.2) is 4.79 Å². The first kappa shape index (κ1) is 19.4. The van der Waals surface area contributed by atoms with Gasteiger partial charge in [0, 0.05) is 44.5 Å². The molecule has 0 spiro atoms. The number of piperidine rings is 1. The van der Waals surface area contributed by atoms with Gasteiger partial charge in [-0.1, -0.05) is 30.3 Å². The van der Waals surface area contributed by atoms with E-state index in [0.717, 1.165) is 50.2 Å². The van der Waals surface area contributed by atoms with Gasteiger partial charge >= 0.3 is 6.03 Å². The van der Waals surface area contributed by atoms with E-state index in [2.05, 4.69) is 51.0 Å². The van der Waals surface area contributed by atoms with Crippen LogP contribution >= 0.6 is 0 Å². The minimum Gasteiger partial charge on any atom is -0.335 e. The molecule has 6 heteroatoms. The Balaban J connectivity index is 1.38. The summed E-state index contributed by atoms with van der Waals surface area (Å²) in [6, 6.07) is 10.7. The lowest BCUT2D eigenvalue weighted by Crippen LogP contribution is -2.48. The van der Waals surface area contributed by atoms with Crippen LogP contribution in [0, 0.1) is 6.92 Å². The Kier molecular flexibility index (Phi) is 6.50. The summed E-state index contributed by atoms with van der Waals surface area (Å²) in [5.74, 6) is 0. The molecule has 3 rings (SSSR count). The van der Waals surface area contributed by atoms with E-state index in [0.29, 0.717) is 0 Å². The molecule has 1 fully saturated rings. The Hall–Kier alpha value is -2.34. The molecule has 0 bridgehead atoms. The van der Waals surface area contributed by atoms with Gasteiger partial charge in [0.05, 0.1) is 11.7 Å². The number of carbonyl (C=O) groups is 1. The lowest BCUT2D eigenvalue weighted by atomic mass is 10.0. The summed E-state index contributed by atoms with van der Waals surface area (Å²) < 4.78 is 1.78. The molecule has 1 saturated heterocycles. The van der Waals surface area contributed by atoms with Crippen LogP contribution in [0.25, 0.3) is 0 Å². The predicted octanol–water partition coefficient (Wildman–Crippen LogP) is 2.80. The fourth-order valence-corrected chi connectivity index (χ4v) is 3.78. The number of amides is 2. The van der Waals surface area contributed by atoms with Crippen LogP contribution in [0.1, 0.15) is 42.6 Å². The molecular formula is C21H31N5O. The molecule has 1 aliphatic rings.